The number of hydrogen-bond donors (Lipinski definition) is 0. The molecule has 17 heavy (non-hydrogen) atoms. The number of halogens is 2. The minimum Gasteiger partial charge on any atom is -0.300 e. The quantitative estimate of drug-likeness (QED) is 0.777. The van der Waals surface area contributed by atoms with Gasteiger partial charge in [0.05, 0.1) is 5.02 Å². The summed E-state index contributed by atoms with van der Waals surface area (Å²) in [4.78, 5) is 23.5. The van der Waals surface area contributed by atoms with Gasteiger partial charge < -0.3 is 0 Å². The van der Waals surface area contributed by atoms with Gasteiger partial charge in [0, 0.05) is 22.4 Å². The molecular formula is C13H12Cl2O2. The molecule has 1 aliphatic rings. The van der Waals surface area contributed by atoms with E-state index >= 15 is 0 Å². The first-order valence-electron chi connectivity index (χ1n) is 5.44. The minimum absolute atomic E-state index is 0.0330. The van der Waals surface area contributed by atoms with Crippen LogP contribution in [0.5, 0.6) is 0 Å². The van der Waals surface area contributed by atoms with E-state index in [0.717, 1.165) is 12.8 Å². The van der Waals surface area contributed by atoms with Crippen molar-refractivity contribution in [2.45, 2.75) is 26.2 Å². The van der Waals surface area contributed by atoms with Gasteiger partial charge in [-0.2, -0.15) is 0 Å². The Bertz CT molecular complexity index is 490. The molecule has 0 saturated heterocycles. The molecule has 4 heteroatoms. The molecule has 1 aromatic rings. The maximum absolute atomic E-state index is 12.3. The molecule has 1 fully saturated rings. The molecule has 0 N–H and O–H groups in total. The lowest BCUT2D eigenvalue weighted by Gasteiger charge is -2.13. The first-order chi connectivity index (χ1) is 7.94. The second-order valence-corrected chi connectivity index (χ2v) is 5.46. The van der Waals surface area contributed by atoms with Crippen LogP contribution in [0.3, 0.4) is 0 Å². The number of carbonyl (C=O) groups excluding carboxylic acids is 2. The topological polar surface area (TPSA) is 34.1 Å². The second-order valence-electron chi connectivity index (χ2n) is 4.61. The molecule has 0 heterocycles. The van der Waals surface area contributed by atoms with Gasteiger partial charge in [-0.1, -0.05) is 23.2 Å². The molecular weight excluding hydrogens is 259 g/mol. The largest absolute Gasteiger partial charge is 0.300 e. The Balaban J connectivity index is 2.28. The molecule has 1 saturated carbocycles. The van der Waals surface area contributed by atoms with Gasteiger partial charge in [0.15, 0.2) is 5.78 Å². The lowest BCUT2D eigenvalue weighted by Crippen LogP contribution is -2.19. The fourth-order valence-corrected chi connectivity index (χ4v) is 2.57. The number of hydrogen-bond acceptors (Lipinski definition) is 2. The summed E-state index contributed by atoms with van der Waals surface area (Å²) >= 11 is 11.8. The Morgan fingerprint density at radius 3 is 2.41 bits per heavy atom. The van der Waals surface area contributed by atoms with Crippen LogP contribution in [0.25, 0.3) is 0 Å². The van der Waals surface area contributed by atoms with Gasteiger partial charge in [0.2, 0.25) is 0 Å². The van der Waals surface area contributed by atoms with Gasteiger partial charge in [-0.3, -0.25) is 9.59 Å². The van der Waals surface area contributed by atoms with E-state index in [1.165, 1.54) is 6.92 Å². The average Bonchev–Trinajstić information content (AvgIpc) is 2.97. The van der Waals surface area contributed by atoms with Crippen molar-refractivity contribution in [2.75, 3.05) is 0 Å². The highest BCUT2D eigenvalue weighted by Crippen LogP contribution is 2.52. The van der Waals surface area contributed by atoms with E-state index in [1.54, 1.807) is 18.2 Å². The van der Waals surface area contributed by atoms with Crippen molar-refractivity contribution in [1.29, 1.82) is 0 Å². The molecule has 0 aromatic heterocycles. The molecule has 2 nitrogen and oxygen atoms in total. The van der Waals surface area contributed by atoms with Crippen molar-refractivity contribution in [3.63, 3.8) is 0 Å². The van der Waals surface area contributed by atoms with Crippen molar-refractivity contribution >= 4 is 34.8 Å². The predicted molar refractivity (Wildman–Crippen MR) is 67.8 cm³/mol. The Hall–Kier alpha value is -0.860. The van der Waals surface area contributed by atoms with E-state index in [4.69, 9.17) is 23.2 Å². The predicted octanol–water partition coefficient (Wildman–Crippen LogP) is 3.94. The van der Waals surface area contributed by atoms with Crippen molar-refractivity contribution < 1.29 is 9.59 Å². The van der Waals surface area contributed by atoms with Crippen molar-refractivity contribution in [2.24, 2.45) is 5.41 Å². The summed E-state index contributed by atoms with van der Waals surface area (Å²) in [6.45, 7) is 1.51. The van der Waals surface area contributed by atoms with Crippen molar-refractivity contribution in [1.82, 2.24) is 0 Å². The van der Waals surface area contributed by atoms with Crippen LogP contribution in [-0.2, 0) is 4.79 Å². The highest BCUT2D eigenvalue weighted by molar-refractivity contribution is 6.37. The van der Waals surface area contributed by atoms with Gasteiger partial charge in [-0.15, -0.1) is 0 Å². The summed E-state index contributed by atoms with van der Waals surface area (Å²) in [5.41, 5.74) is -0.0293. The van der Waals surface area contributed by atoms with E-state index in [2.05, 4.69) is 0 Å². The SMILES string of the molecule is CC(=O)CC1(C(=O)c2ccc(Cl)cc2Cl)CC1. The number of benzene rings is 1. The zero-order valence-electron chi connectivity index (χ0n) is 9.43. The van der Waals surface area contributed by atoms with E-state index in [-0.39, 0.29) is 11.6 Å². The molecule has 1 aliphatic carbocycles. The van der Waals surface area contributed by atoms with E-state index < -0.39 is 5.41 Å². The molecule has 0 bridgehead atoms. The zero-order valence-corrected chi connectivity index (χ0v) is 10.9. The fraction of sp³-hybridized carbons (Fsp3) is 0.385. The third kappa shape index (κ3) is 2.53. The summed E-state index contributed by atoms with van der Waals surface area (Å²) in [7, 11) is 0. The molecule has 0 atom stereocenters. The van der Waals surface area contributed by atoms with Gasteiger partial charge in [0.1, 0.15) is 5.78 Å². The standard InChI is InChI=1S/C13H12Cl2O2/c1-8(16)7-13(4-5-13)12(17)10-3-2-9(14)6-11(10)15/h2-3,6H,4-5,7H2,1H3. The molecule has 0 radical (unpaired) electrons. The Morgan fingerprint density at radius 2 is 1.94 bits per heavy atom. The molecule has 1 aromatic carbocycles. The first kappa shape index (κ1) is 12.6. The van der Waals surface area contributed by atoms with E-state index in [9.17, 15) is 9.59 Å². The Morgan fingerprint density at radius 1 is 1.29 bits per heavy atom. The monoisotopic (exact) mass is 270 g/mol. The molecule has 2 rings (SSSR count). The maximum atomic E-state index is 12.3. The van der Waals surface area contributed by atoms with E-state index in [0.29, 0.717) is 22.0 Å². The van der Waals surface area contributed by atoms with Crippen LogP contribution in [0.4, 0.5) is 0 Å². The molecule has 0 spiro atoms. The maximum Gasteiger partial charge on any atom is 0.170 e. The minimum atomic E-state index is -0.497. The van der Waals surface area contributed by atoms with E-state index in [1.807, 2.05) is 0 Å². The smallest absolute Gasteiger partial charge is 0.170 e. The lowest BCUT2D eigenvalue weighted by molar-refractivity contribution is -0.117. The fourth-order valence-electron chi connectivity index (χ4n) is 2.07. The van der Waals surface area contributed by atoms with Crippen LogP contribution < -0.4 is 0 Å². The van der Waals surface area contributed by atoms with Crippen molar-refractivity contribution in [3.8, 4) is 0 Å². The van der Waals surface area contributed by atoms with Gasteiger partial charge >= 0.3 is 0 Å². The summed E-state index contributed by atoms with van der Waals surface area (Å²) < 4.78 is 0. The first-order valence-corrected chi connectivity index (χ1v) is 6.19. The van der Waals surface area contributed by atoms with Crippen LogP contribution >= 0.6 is 23.2 Å². The zero-order chi connectivity index (χ0) is 12.6. The molecule has 0 amide bonds. The highest BCUT2D eigenvalue weighted by atomic mass is 35.5. The van der Waals surface area contributed by atoms with Crippen molar-refractivity contribution in [3.05, 3.63) is 33.8 Å². The van der Waals surface area contributed by atoms with Crippen LogP contribution in [0, 0.1) is 5.41 Å². The Labute approximate surface area is 110 Å². The molecule has 90 valence electrons. The average molecular weight is 271 g/mol. The third-order valence-electron chi connectivity index (χ3n) is 3.10. The number of Topliss-reactive ketones (excluding diaryl/α,β-unsaturated/α-hetero) is 2. The van der Waals surface area contributed by atoms with Gasteiger partial charge in [-0.05, 0) is 38.0 Å². The highest BCUT2D eigenvalue weighted by Gasteiger charge is 2.50. The number of rotatable bonds is 4. The summed E-state index contributed by atoms with van der Waals surface area (Å²) in [5, 5.41) is 0.861. The second kappa shape index (κ2) is 4.43. The lowest BCUT2D eigenvalue weighted by atomic mass is 9.90. The number of carbonyl (C=O) groups is 2. The van der Waals surface area contributed by atoms with Crippen LogP contribution in [0.1, 0.15) is 36.5 Å². The normalized spacial score (nSPS) is 16.6. The van der Waals surface area contributed by atoms with Gasteiger partial charge in [0.25, 0.3) is 0 Å². The summed E-state index contributed by atoms with van der Waals surface area (Å²) in [6.07, 6.45) is 1.85. The summed E-state index contributed by atoms with van der Waals surface area (Å²) in [6, 6.07) is 4.83. The molecule has 0 aliphatic heterocycles. The number of ketones is 2. The Kier molecular flexibility index (Phi) is 3.28. The van der Waals surface area contributed by atoms with Crippen LogP contribution in [0.15, 0.2) is 18.2 Å². The van der Waals surface area contributed by atoms with Gasteiger partial charge in [-0.25, -0.2) is 0 Å². The summed E-state index contributed by atoms with van der Waals surface area (Å²) in [5.74, 6) is 0.00954. The van der Waals surface area contributed by atoms with Crippen LogP contribution in [0.2, 0.25) is 10.0 Å². The third-order valence-corrected chi connectivity index (χ3v) is 3.65. The van der Waals surface area contributed by atoms with Crippen LogP contribution in [-0.4, -0.2) is 11.6 Å². The molecule has 0 unspecified atom stereocenters.